The van der Waals surface area contributed by atoms with Crippen molar-refractivity contribution in [1.82, 2.24) is 0 Å². The molecule has 0 spiro atoms. The Labute approximate surface area is 130 Å². The third kappa shape index (κ3) is 3.58. The maximum atomic E-state index is 13.4. The summed E-state index contributed by atoms with van der Waals surface area (Å²) in [6, 6.07) is 8.19. The van der Waals surface area contributed by atoms with Crippen molar-refractivity contribution in [3.63, 3.8) is 0 Å². The van der Waals surface area contributed by atoms with Crippen LogP contribution in [0.15, 0.2) is 34.8 Å². The van der Waals surface area contributed by atoms with Gasteiger partial charge in [0.25, 0.3) is 0 Å². The van der Waals surface area contributed by atoms with E-state index in [2.05, 4.69) is 21.2 Å². The predicted octanol–water partition coefficient (Wildman–Crippen LogP) is 3.92. The quantitative estimate of drug-likeness (QED) is 0.853. The summed E-state index contributed by atoms with van der Waals surface area (Å²) in [4.78, 5) is 0. The van der Waals surface area contributed by atoms with Gasteiger partial charge in [-0.3, -0.25) is 0 Å². The van der Waals surface area contributed by atoms with Crippen molar-refractivity contribution in [1.29, 1.82) is 0 Å². The Balaban J connectivity index is 2.17. The Morgan fingerprint density at radius 3 is 2.29 bits per heavy atom. The van der Waals surface area contributed by atoms with Gasteiger partial charge >= 0.3 is 0 Å². The topological polar surface area (TPSA) is 50.7 Å². The average molecular weight is 356 g/mol. The summed E-state index contributed by atoms with van der Waals surface area (Å²) in [5, 5.41) is 12.9. The van der Waals surface area contributed by atoms with E-state index in [4.69, 9.17) is 9.47 Å². The summed E-state index contributed by atoms with van der Waals surface area (Å²) < 4.78 is 24.0. The van der Waals surface area contributed by atoms with Gasteiger partial charge in [0.15, 0.2) is 11.5 Å². The number of anilines is 1. The fraction of sp³-hybridized carbons (Fsp3) is 0.200. The van der Waals surface area contributed by atoms with E-state index in [9.17, 15) is 9.50 Å². The van der Waals surface area contributed by atoms with Crippen LogP contribution in [-0.2, 0) is 6.54 Å². The molecule has 0 aliphatic carbocycles. The van der Waals surface area contributed by atoms with E-state index in [1.54, 1.807) is 24.3 Å². The lowest BCUT2D eigenvalue weighted by molar-refractivity contribution is 0.339. The molecule has 0 aromatic heterocycles. The van der Waals surface area contributed by atoms with E-state index in [0.29, 0.717) is 28.2 Å². The van der Waals surface area contributed by atoms with Crippen LogP contribution >= 0.6 is 15.9 Å². The minimum atomic E-state index is -0.333. The van der Waals surface area contributed by atoms with E-state index in [1.807, 2.05) is 0 Å². The zero-order valence-corrected chi connectivity index (χ0v) is 13.2. The molecule has 6 heteroatoms. The van der Waals surface area contributed by atoms with Crippen molar-refractivity contribution in [2.45, 2.75) is 6.54 Å². The molecule has 0 atom stereocenters. The van der Waals surface area contributed by atoms with Gasteiger partial charge in [0.2, 0.25) is 5.75 Å². The van der Waals surface area contributed by atoms with Crippen molar-refractivity contribution in [3.05, 3.63) is 46.2 Å². The second kappa shape index (κ2) is 6.67. The number of hydrogen-bond donors (Lipinski definition) is 2. The molecule has 21 heavy (non-hydrogen) atoms. The SMILES string of the molecule is COc1cc(CNc2ccc(Br)c(F)c2)cc(OC)c1O. The van der Waals surface area contributed by atoms with Gasteiger partial charge in [-0.15, -0.1) is 0 Å². The Morgan fingerprint density at radius 2 is 1.76 bits per heavy atom. The predicted molar refractivity (Wildman–Crippen MR) is 82.6 cm³/mol. The Kier molecular flexibility index (Phi) is 4.90. The molecule has 0 unspecified atom stereocenters. The zero-order chi connectivity index (χ0) is 15.4. The largest absolute Gasteiger partial charge is 0.502 e. The van der Waals surface area contributed by atoms with Gasteiger partial charge < -0.3 is 19.9 Å². The van der Waals surface area contributed by atoms with E-state index in [-0.39, 0.29) is 11.6 Å². The minimum Gasteiger partial charge on any atom is -0.502 e. The first-order chi connectivity index (χ1) is 10.0. The number of ether oxygens (including phenoxy) is 2. The first-order valence-electron chi connectivity index (χ1n) is 6.18. The zero-order valence-electron chi connectivity index (χ0n) is 11.6. The van der Waals surface area contributed by atoms with Crippen LogP contribution in [0.2, 0.25) is 0 Å². The Hall–Kier alpha value is -1.95. The van der Waals surface area contributed by atoms with Crippen molar-refractivity contribution >= 4 is 21.6 Å². The third-order valence-corrected chi connectivity index (χ3v) is 3.60. The molecule has 0 radical (unpaired) electrons. The van der Waals surface area contributed by atoms with E-state index >= 15 is 0 Å². The highest BCUT2D eigenvalue weighted by Crippen LogP contribution is 2.37. The molecule has 0 heterocycles. The summed E-state index contributed by atoms with van der Waals surface area (Å²) in [6.45, 7) is 0.439. The molecule has 0 saturated heterocycles. The summed E-state index contributed by atoms with van der Waals surface area (Å²) in [5.41, 5.74) is 1.49. The van der Waals surface area contributed by atoms with Crippen molar-refractivity contribution < 1.29 is 19.0 Å². The molecule has 0 bridgehead atoms. The van der Waals surface area contributed by atoms with Gasteiger partial charge in [-0.05, 0) is 51.8 Å². The van der Waals surface area contributed by atoms with E-state index in [1.165, 1.54) is 20.3 Å². The van der Waals surface area contributed by atoms with Crippen molar-refractivity contribution in [3.8, 4) is 17.2 Å². The molecule has 4 nitrogen and oxygen atoms in total. The molecule has 2 rings (SSSR count). The fourth-order valence-corrected chi connectivity index (χ4v) is 2.11. The van der Waals surface area contributed by atoms with Crippen LogP contribution in [0.25, 0.3) is 0 Å². The molecule has 0 aliphatic rings. The van der Waals surface area contributed by atoms with Crippen LogP contribution in [0.3, 0.4) is 0 Å². The lowest BCUT2D eigenvalue weighted by Crippen LogP contribution is -2.01. The second-order valence-electron chi connectivity index (χ2n) is 4.33. The highest BCUT2D eigenvalue weighted by molar-refractivity contribution is 9.10. The molecule has 112 valence electrons. The molecule has 0 saturated carbocycles. The number of rotatable bonds is 5. The van der Waals surface area contributed by atoms with Crippen LogP contribution < -0.4 is 14.8 Å². The first kappa shape index (κ1) is 15.4. The lowest BCUT2D eigenvalue weighted by Gasteiger charge is -2.12. The second-order valence-corrected chi connectivity index (χ2v) is 5.19. The lowest BCUT2D eigenvalue weighted by atomic mass is 10.1. The van der Waals surface area contributed by atoms with Gasteiger partial charge in [-0.1, -0.05) is 0 Å². The number of benzene rings is 2. The van der Waals surface area contributed by atoms with Crippen LogP contribution in [-0.4, -0.2) is 19.3 Å². The first-order valence-corrected chi connectivity index (χ1v) is 6.97. The molecule has 0 amide bonds. The number of phenols is 1. The highest BCUT2D eigenvalue weighted by atomic mass is 79.9. The van der Waals surface area contributed by atoms with Crippen LogP contribution in [0.1, 0.15) is 5.56 Å². The van der Waals surface area contributed by atoms with Gasteiger partial charge in [0, 0.05) is 12.2 Å². The fourth-order valence-electron chi connectivity index (χ4n) is 1.86. The molecule has 0 aliphatic heterocycles. The van der Waals surface area contributed by atoms with Gasteiger partial charge in [0.05, 0.1) is 18.7 Å². The average Bonchev–Trinajstić information content (AvgIpc) is 2.49. The molecule has 2 aromatic carbocycles. The highest BCUT2D eigenvalue weighted by Gasteiger charge is 2.11. The Bertz CT molecular complexity index is 624. The van der Waals surface area contributed by atoms with Crippen LogP contribution in [0.5, 0.6) is 17.2 Å². The molecule has 2 aromatic rings. The van der Waals surface area contributed by atoms with Crippen LogP contribution in [0, 0.1) is 5.82 Å². The Morgan fingerprint density at radius 1 is 1.14 bits per heavy atom. The summed E-state index contributed by atoms with van der Waals surface area (Å²) >= 11 is 3.11. The van der Waals surface area contributed by atoms with Gasteiger partial charge in [-0.25, -0.2) is 4.39 Å². The smallest absolute Gasteiger partial charge is 0.200 e. The van der Waals surface area contributed by atoms with Crippen molar-refractivity contribution in [2.75, 3.05) is 19.5 Å². The summed E-state index contributed by atoms with van der Waals surface area (Å²) in [7, 11) is 2.94. The van der Waals surface area contributed by atoms with Gasteiger partial charge in [-0.2, -0.15) is 0 Å². The summed E-state index contributed by atoms with van der Waals surface area (Å²) in [5.74, 6) is 0.278. The number of hydrogen-bond acceptors (Lipinski definition) is 4. The van der Waals surface area contributed by atoms with E-state index < -0.39 is 0 Å². The normalized spacial score (nSPS) is 10.3. The standard InChI is InChI=1S/C15H15BrFNO3/c1-20-13-5-9(6-14(21-2)15(13)19)8-18-10-3-4-11(16)12(17)7-10/h3-7,18-19H,8H2,1-2H3. The number of halogens is 2. The maximum absolute atomic E-state index is 13.4. The molecule has 2 N–H and O–H groups in total. The third-order valence-electron chi connectivity index (χ3n) is 2.96. The number of aromatic hydroxyl groups is 1. The summed E-state index contributed by atoms with van der Waals surface area (Å²) in [6.07, 6.45) is 0. The number of phenolic OH excluding ortho intramolecular Hbond substituents is 1. The van der Waals surface area contributed by atoms with Gasteiger partial charge in [0.1, 0.15) is 5.82 Å². The molecule has 0 fully saturated rings. The molecular weight excluding hydrogens is 341 g/mol. The number of methoxy groups -OCH3 is 2. The maximum Gasteiger partial charge on any atom is 0.200 e. The minimum absolute atomic E-state index is 0.0431. The molecular formula is C15H15BrFNO3. The monoisotopic (exact) mass is 355 g/mol. The van der Waals surface area contributed by atoms with Crippen LogP contribution in [0.4, 0.5) is 10.1 Å². The number of nitrogens with one attached hydrogen (secondary N) is 1. The van der Waals surface area contributed by atoms with Crippen molar-refractivity contribution in [2.24, 2.45) is 0 Å². The van der Waals surface area contributed by atoms with E-state index in [0.717, 1.165) is 5.56 Å².